The van der Waals surface area contributed by atoms with E-state index in [-0.39, 0.29) is 17.3 Å². The van der Waals surface area contributed by atoms with Gasteiger partial charge >= 0.3 is 0 Å². The molecule has 23 heavy (non-hydrogen) atoms. The minimum Gasteiger partial charge on any atom is -0.383 e. The van der Waals surface area contributed by atoms with Crippen molar-refractivity contribution >= 4 is 15.9 Å². The molecule has 0 atom stereocenters. The van der Waals surface area contributed by atoms with Crippen molar-refractivity contribution in [3.05, 3.63) is 29.8 Å². The van der Waals surface area contributed by atoms with Gasteiger partial charge < -0.3 is 10.1 Å². The van der Waals surface area contributed by atoms with E-state index in [1.54, 1.807) is 0 Å². The van der Waals surface area contributed by atoms with Crippen LogP contribution >= 0.6 is 0 Å². The summed E-state index contributed by atoms with van der Waals surface area (Å²) in [4.78, 5) is 12.1. The van der Waals surface area contributed by atoms with Crippen molar-refractivity contribution in [3.8, 4) is 0 Å². The van der Waals surface area contributed by atoms with E-state index in [1.807, 2.05) is 0 Å². The molecule has 0 saturated carbocycles. The van der Waals surface area contributed by atoms with Gasteiger partial charge in [-0.15, -0.1) is 0 Å². The predicted octanol–water partition coefficient (Wildman–Crippen LogP) is 1.78. The Morgan fingerprint density at radius 3 is 2.39 bits per heavy atom. The zero-order valence-corrected chi connectivity index (χ0v) is 14.8. The van der Waals surface area contributed by atoms with Crippen molar-refractivity contribution in [2.24, 2.45) is 5.92 Å². The molecule has 0 heterocycles. The van der Waals surface area contributed by atoms with Crippen molar-refractivity contribution in [3.63, 3.8) is 0 Å². The molecule has 0 bridgehead atoms. The Balaban J connectivity index is 2.56. The maximum absolute atomic E-state index is 12.0. The molecule has 0 radical (unpaired) electrons. The van der Waals surface area contributed by atoms with E-state index in [4.69, 9.17) is 4.74 Å². The van der Waals surface area contributed by atoms with Crippen LogP contribution in [0.1, 0.15) is 37.0 Å². The van der Waals surface area contributed by atoms with Gasteiger partial charge in [0, 0.05) is 25.8 Å². The van der Waals surface area contributed by atoms with Crippen LogP contribution in [-0.4, -0.2) is 41.1 Å². The number of carbonyl (C=O) groups is 1. The van der Waals surface area contributed by atoms with E-state index in [9.17, 15) is 13.2 Å². The maximum atomic E-state index is 12.0. The van der Waals surface area contributed by atoms with Crippen molar-refractivity contribution in [1.82, 2.24) is 10.0 Å². The highest BCUT2D eigenvalue weighted by Crippen LogP contribution is 2.10. The van der Waals surface area contributed by atoms with E-state index in [1.165, 1.54) is 31.4 Å². The van der Waals surface area contributed by atoms with E-state index >= 15 is 0 Å². The second-order valence-electron chi connectivity index (χ2n) is 5.71. The number of hydrogen-bond acceptors (Lipinski definition) is 4. The normalized spacial score (nSPS) is 11.7. The lowest BCUT2D eigenvalue weighted by atomic mass is 10.1. The Morgan fingerprint density at radius 1 is 1.17 bits per heavy atom. The summed E-state index contributed by atoms with van der Waals surface area (Å²) in [5.74, 6) is 0.423. The molecule has 0 unspecified atom stereocenters. The Kier molecular flexibility index (Phi) is 8.22. The molecule has 0 fully saturated rings. The van der Waals surface area contributed by atoms with Crippen molar-refractivity contribution in [2.45, 2.75) is 31.6 Å². The fourth-order valence-corrected chi connectivity index (χ4v) is 2.97. The van der Waals surface area contributed by atoms with E-state index < -0.39 is 10.0 Å². The topological polar surface area (TPSA) is 84.5 Å². The highest BCUT2D eigenvalue weighted by atomic mass is 32.2. The van der Waals surface area contributed by atoms with Gasteiger partial charge in [0.05, 0.1) is 11.5 Å². The first-order valence-corrected chi connectivity index (χ1v) is 9.22. The standard InChI is InChI=1S/C16H26N2O4S/c1-13(2)5-4-10-17-16(19)14-6-8-15(9-7-14)23(20,21)18-11-12-22-3/h6-9,13,18H,4-5,10-12H2,1-3H3,(H,17,19). The van der Waals surface area contributed by atoms with Gasteiger partial charge in [-0.25, -0.2) is 13.1 Å². The predicted molar refractivity (Wildman–Crippen MR) is 89.9 cm³/mol. The first-order chi connectivity index (χ1) is 10.9. The van der Waals surface area contributed by atoms with Gasteiger partial charge in [-0.3, -0.25) is 4.79 Å². The van der Waals surface area contributed by atoms with Crippen LogP contribution in [0.2, 0.25) is 0 Å². The third-order valence-corrected chi connectivity index (χ3v) is 4.75. The van der Waals surface area contributed by atoms with Crippen LogP contribution in [0.4, 0.5) is 0 Å². The first-order valence-electron chi connectivity index (χ1n) is 7.73. The first kappa shape index (κ1) is 19.6. The lowest BCUT2D eigenvalue weighted by Gasteiger charge is -2.08. The number of hydrogen-bond donors (Lipinski definition) is 2. The van der Waals surface area contributed by atoms with Crippen molar-refractivity contribution in [2.75, 3.05) is 26.8 Å². The number of carbonyl (C=O) groups excluding carboxylic acids is 1. The number of amides is 1. The second-order valence-corrected chi connectivity index (χ2v) is 7.47. The molecule has 1 aromatic carbocycles. The maximum Gasteiger partial charge on any atom is 0.251 e. The SMILES string of the molecule is COCCNS(=O)(=O)c1ccc(C(=O)NCCCC(C)C)cc1. The van der Waals surface area contributed by atoms with Gasteiger partial charge in [-0.2, -0.15) is 0 Å². The van der Waals surface area contributed by atoms with Crippen LogP contribution in [0.25, 0.3) is 0 Å². The van der Waals surface area contributed by atoms with E-state index in [0.717, 1.165) is 12.8 Å². The molecule has 0 aliphatic heterocycles. The molecule has 7 heteroatoms. The minimum absolute atomic E-state index is 0.130. The summed E-state index contributed by atoms with van der Waals surface area (Å²) in [6, 6.07) is 5.89. The number of sulfonamides is 1. The molecule has 0 aliphatic rings. The molecule has 1 amide bonds. The summed E-state index contributed by atoms with van der Waals surface area (Å²) in [6.07, 6.45) is 1.99. The van der Waals surface area contributed by atoms with E-state index in [2.05, 4.69) is 23.9 Å². The zero-order valence-electron chi connectivity index (χ0n) is 14.0. The molecule has 6 nitrogen and oxygen atoms in total. The lowest BCUT2D eigenvalue weighted by Crippen LogP contribution is -2.27. The highest BCUT2D eigenvalue weighted by molar-refractivity contribution is 7.89. The lowest BCUT2D eigenvalue weighted by molar-refractivity contribution is 0.0952. The van der Waals surface area contributed by atoms with Gasteiger partial charge in [-0.05, 0) is 43.0 Å². The minimum atomic E-state index is -3.57. The number of rotatable bonds is 10. The Labute approximate surface area is 138 Å². The molecule has 0 aliphatic carbocycles. The third kappa shape index (κ3) is 7.11. The highest BCUT2D eigenvalue weighted by Gasteiger charge is 2.14. The molecule has 0 aromatic heterocycles. The van der Waals surface area contributed by atoms with Crippen molar-refractivity contribution in [1.29, 1.82) is 0 Å². The molecule has 0 saturated heterocycles. The molecular formula is C16H26N2O4S. The number of nitrogens with one attached hydrogen (secondary N) is 2. The second kappa shape index (κ2) is 9.64. The van der Waals surface area contributed by atoms with Crippen LogP contribution in [0.5, 0.6) is 0 Å². The van der Waals surface area contributed by atoms with Gasteiger partial charge in [0.2, 0.25) is 10.0 Å². The summed E-state index contributed by atoms with van der Waals surface area (Å²) in [5, 5.41) is 2.83. The fraction of sp³-hybridized carbons (Fsp3) is 0.562. The summed E-state index contributed by atoms with van der Waals surface area (Å²) in [5.41, 5.74) is 0.449. The van der Waals surface area contributed by atoms with Crippen LogP contribution in [-0.2, 0) is 14.8 Å². The Morgan fingerprint density at radius 2 is 1.83 bits per heavy atom. The van der Waals surface area contributed by atoms with Gasteiger partial charge in [0.1, 0.15) is 0 Å². The van der Waals surface area contributed by atoms with Crippen LogP contribution in [0, 0.1) is 5.92 Å². The molecular weight excluding hydrogens is 316 g/mol. The average Bonchev–Trinajstić information content (AvgIpc) is 2.51. The summed E-state index contributed by atoms with van der Waals surface area (Å²) in [6.45, 7) is 5.41. The van der Waals surface area contributed by atoms with Gasteiger partial charge in [-0.1, -0.05) is 13.8 Å². The largest absolute Gasteiger partial charge is 0.383 e. The Hall–Kier alpha value is -1.44. The van der Waals surface area contributed by atoms with Crippen LogP contribution in [0.15, 0.2) is 29.2 Å². The molecule has 130 valence electrons. The third-order valence-electron chi connectivity index (χ3n) is 3.27. The monoisotopic (exact) mass is 342 g/mol. The van der Waals surface area contributed by atoms with E-state index in [0.29, 0.717) is 24.6 Å². The summed E-state index contributed by atoms with van der Waals surface area (Å²) < 4.78 is 31.2. The summed E-state index contributed by atoms with van der Waals surface area (Å²) in [7, 11) is -2.06. The van der Waals surface area contributed by atoms with Crippen molar-refractivity contribution < 1.29 is 17.9 Å². The Bertz CT molecular complexity index is 583. The fourth-order valence-electron chi connectivity index (χ4n) is 1.96. The molecule has 0 spiro atoms. The number of methoxy groups -OCH3 is 1. The summed E-state index contributed by atoms with van der Waals surface area (Å²) >= 11 is 0. The quantitative estimate of drug-likeness (QED) is 0.635. The molecule has 1 rings (SSSR count). The van der Waals surface area contributed by atoms with Crippen LogP contribution < -0.4 is 10.0 Å². The molecule has 1 aromatic rings. The number of ether oxygens (including phenoxy) is 1. The smallest absolute Gasteiger partial charge is 0.251 e. The van der Waals surface area contributed by atoms with Crippen LogP contribution in [0.3, 0.4) is 0 Å². The zero-order chi connectivity index (χ0) is 17.3. The molecule has 2 N–H and O–H groups in total. The van der Waals surface area contributed by atoms with Gasteiger partial charge in [0.25, 0.3) is 5.91 Å². The average molecular weight is 342 g/mol. The number of benzene rings is 1. The van der Waals surface area contributed by atoms with Gasteiger partial charge in [0.15, 0.2) is 0 Å².